The number of nitriles is 2. The van der Waals surface area contributed by atoms with E-state index in [-0.39, 0.29) is 11.4 Å². The molecule has 0 saturated carbocycles. The van der Waals surface area contributed by atoms with Crippen LogP contribution in [0.3, 0.4) is 0 Å². The molecule has 0 aliphatic heterocycles. The topological polar surface area (TPSA) is 81.2 Å². The Balaban J connectivity index is 2.92. The normalized spacial score (nSPS) is 9.37. The van der Waals surface area contributed by atoms with Gasteiger partial charge in [-0.05, 0) is 18.2 Å². The molecule has 1 rings (SSSR count). The Morgan fingerprint density at radius 2 is 2.11 bits per heavy atom. The van der Waals surface area contributed by atoms with E-state index < -0.39 is 18.7 Å². The lowest BCUT2D eigenvalue weighted by Gasteiger charge is -2.10. The van der Waals surface area contributed by atoms with Crippen LogP contribution in [-0.4, -0.2) is 18.7 Å². The number of benzene rings is 1. The summed E-state index contributed by atoms with van der Waals surface area (Å²) in [7, 11) is 0. The van der Waals surface area contributed by atoms with E-state index in [0.29, 0.717) is 5.02 Å². The number of hydrazone groups is 1. The number of hydrogen-bond donors (Lipinski definition) is 1. The monoisotopic (exact) mass is 284 g/mol. The molecule has 1 aromatic carbocycles. The van der Waals surface area contributed by atoms with E-state index in [0.717, 1.165) is 0 Å². The Morgan fingerprint density at radius 1 is 1.42 bits per heavy atom. The molecule has 0 bridgehead atoms. The molecule has 5 nitrogen and oxygen atoms in total. The Kier molecular flexibility index (Phi) is 5.52. The van der Waals surface area contributed by atoms with E-state index in [2.05, 4.69) is 10.5 Å². The average Bonchev–Trinajstić information content (AvgIpc) is 2.38. The fourth-order valence-corrected chi connectivity index (χ4v) is 1.23. The lowest BCUT2D eigenvalue weighted by atomic mass is 10.3. The predicted molar refractivity (Wildman–Crippen MR) is 65.2 cm³/mol. The summed E-state index contributed by atoms with van der Waals surface area (Å²) < 4.78 is 29.0. The number of halogens is 3. The van der Waals surface area contributed by atoms with Gasteiger partial charge in [-0.2, -0.15) is 15.6 Å². The fourth-order valence-electron chi connectivity index (χ4n) is 1.06. The minimum atomic E-state index is -2.62. The van der Waals surface area contributed by atoms with Crippen LogP contribution in [0.25, 0.3) is 0 Å². The number of rotatable bonds is 5. The second-order valence-corrected chi connectivity index (χ2v) is 3.57. The molecule has 0 heterocycles. The van der Waals surface area contributed by atoms with Gasteiger partial charge in [0.05, 0.1) is 5.69 Å². The number of nitrogens with one attached hydrogen (secondary N) is 1. The zero-order chi connectivity index (χ0) is 14.3. The molecular weight excluding hydrogens is 278 g/mol. The first-order chi connectivity index (χ1) is 9.06. The molecule has 0 radical (unpaired) electrons. The van der Waals surface area contributed by atoms with Crippen LogP contribution in [0, 0.1) is 22.7 Å². The molecule has 8 heteroatoms. The van der Waals surface area contributed by atoms with Crippen LogP contribution in [0.4, 0.5) is 14.5 Å². The summed E-state index contributed by atoms with van der Waals surface area (Å²) in [6.07, 6.45) is -2.62. The average molecular weight is 285 g/mol. The second kappa shape index (κ2) is 7.14. The van der Waals surface area contributed by atoms with Crippen molar-refractivity contribution in [3.8, 4) is 17.9 Å². The Morgan fingerprint density at radius 3 is 2.68 bits per heavy atom. The summed E-state index contributed by atoms with van der Waals surface area (Å²) in [5, 5.41) is 20.8. The summed E-state index contributed by atoms with van der Waals surface area (Å²) >= 11 is 5.74. The number of ether oxygens (including phenoxy) is 1. The molecule has 0 atom stereocenters. The van der Waals surface area contributed by atoms with Crippen LogP contribution in [0.5, 0.6) is 5.75 Å². The summed E-state index contributed by atoms with van der Waals surface area (Å²) in [5.41, 5.74) is 2.13. The van der Waals surface area contributed by atoms with Gasteiger partial charge in [0.25, 0.3) is 6.43 Å². The van der Waals surface area contributed by atoms with Crippen LogP contribution < -0.4 is 10.2 Å². The molecule has 0 spiro atoms. The number of anilines is 1. The highest BCUT2D eigenvalue weighted by molar-refractivity contribution is 6.30. The van der Waals surface area contributed by atoms with Crippen molar-refractivity contribution in [1.82, 2.24) is 0 Å². The fraction of sp³-hybridized carbons (Fsp3) is 0.182. The maximum atomic E-state index is 12.1. The predicted octanol–water partition coefficient (Wildman–Crippen LogP) is 2.80. The van der Waals surface area contributed by atoms with Crippen molar-refractivity contribution in [3.63, 3.8) is 0 Å². The van der Waals surface area contributed by atoms with Gasteiger partial charge in [-0.15, -0.1) is 0 Å². The molecule has 0 fully saturated rings. The second-order valence-electron chi connectivity index (χ2n) is 3.14. The molecule has 1 aromatic rings. The van der Waals surface area contributed by atoms with E-state index >= 15 is 0 Å². The summed E-state index contributed by atoms with van der Waals surface area (Å²) in [6.45, 7) is -0.788. The van der Waals surface area contributed by atoms with E-state index in [1.165, 1.54) is 30.3 Å². The van der Waals surface area contributed by atoms with Crippen LogP contribution in [-0.2, 0) is 0 Å². The Bertz CT molecular complexity index is 547. The van der Waals surface area contributed by atoms with E-state index in [9.17, 15) is 8.78 Å². The molecule has 0 aromatic heterocycles. The van der Waals surface area contributed by atoms with Crippen molar-refractivity contribution < 1.29 is 13.5 Å². The van der Waals surface area contributed by atoms with Gasteiger partial charge in [0.1, 0.15) is 24.5 Å². The lowest BCUT2D eigenvalue weighted by molar-refractivity contribution is 0.0822. The summed E-state index contributed by atoms with van der Waals surface area (Å²) in [5.74, 6) is 0.0867. The van der Waals surface area contributed by atoms with E-state index in [4.69, 9.17) is 26.9 Å². The molecule has 1 N–H and O–H groups in total. The van der Waals surface area contributed by atoms with Gasteiger partial charge < -0.3 is 4.74 Å². The molecule has 0 saturated heterocycles. The molecule has 98 valence electrons. The van der Waals surface area contributed by atoms with Crippen molar-refractivity contribution in [1.29, 1.82) is 10.5 Å². The van der Waals surface area contributed by atoms with E-state index in [1.54, 1.807) is 0 Å². The molecule has 0 amide bonds. The van der Waals surface area contributed by atoms with Crippen molar-refractivity contribution in [2.75, 3.05) is 12.0 Å². The van der Waals surface area contributed by atoms with Crippen molar-refractivity contribution >= 4 is 23.0 Å². The van der Waals surface area contributed by atoms with Crippen LogP contribution in [0.2, 0.25) is 5.02 Å². The zero-order valence-electron chi connectivity index (χ0n) is 9.40. The third kappa shape index (κ3) is 4.78. The first kappa shape index (κ1) is 14.7. The highest BCUT2D eigenvalue weighted by atomic mass is 35.5. The van der Waals surface area contributed by atoms with Gasteiger partial charge in [-0.3, -0.25) is 5.43 Å². The van der Waals surface area contributed by atoms with Crippen molar-refractivity contribution in [3.05, 3.63) is 23.2 Å². The zero-order valence-corrected chi connectivity index (χ0v) is 10.2. The minimum absolute atomic E-state index is 0.0867. The third-order valence-electron chi connectivity index (χ3n) is 1.81. The highest BCUT2D eigenvalue weighted by Gasteiger charge is 2.08. The van der Waals surface area contributed by atoms with Gasteiger partial charge in [0, 0.05) is 5.02 Å². The first-order valence-electron chi connectivity index (χ1n) is 4.91. The minimum Gasteiger partial charge on any atom is -0.485 e. The van der Waals surface area contributed by atoms with Gasteiger partial charge in [-0.1, -0.05) is 11.6 Å². The van der Waals surface area contributed by atoms with E-state index in [1.807, 2.05) is 0 Å². The van der Waals surface area contributed by atoms with Crippen LogP contribution in [0.1, 0.15) is 0 Å². The third-order valence-corrected chi connectivity index (χ3v) is 2.04. The maximum Gasteiger partial charge on any atom is 0.272 e. The number of hydrogen-bond acceptors (Lipinski definition) is 5. The largest absolute Gasteiger partial charge is 0.485 e. The quantitative estimate of drug-likeness (QED) is 0.666. The van der Waals surface area contributed by atoms with Crippen LogP contribution in [0.15, 0.2) is 23.3 Å². The highest BCUT2D eigenvalue weighted by Crippen LogP contribution is 2.28. The van der Waals surface area contributed by atoms with Crippen molar-refractivity contribution in [2.24, 2.45) is 5.10 Å². The van der Waals surface area contributed by atoms with Crippen molar-refractivity contribution in [2.45, 2.75) is 6.43 Å². The molecular formula is C11H7ClF2N4O. The Hall–Kier alpha value is -2.38. The standard InChI is InChI=1S/C11H7ClF2N4O/c12-7-1-2-10(19-6-11(13)14)9(3-7)18-17-8(4-15)5-16/h1-3,11,18H,6H2. The summed E-state index contributed by atoms with van der Waals surface area (Å²) in [6, 6.07) is 7.28. The van der Waals surface area contributed by atoms with Crippen LogP contribution >= 0.6 is 11.6 Å². The molecule has 0 unspecified atom stereocenters. The first-order valence-corrected chi connectivity index (χ1v) is 5.29. The number of alkyl halides is 2. The van der Waals surface area contributed by atoms with Gasteiger partial charge in [-0.25, -0.2) is 8.78 Å². The number of nitrogens with zero attached hydrogens (tertiary/aromatic N) is 3. The van der Waals surface area contributed by atoms with Gasteiger partial charge in [0.2, 0.25) is 5.71 Å². The SMILES string of the molecule is N#CC(C#N)=NNc1cc(Cl)ccc1OCC(F)F. The Labute approximate surface area is 112 Å². The smallest absolute Gasteiger partial charge is 0.272 e. The maximum absolute atomic E-state index is 12.1. The molecule has 0 aliphatic rings. The summed E-state index contributed by atoms with van der Waals surface area (Å²) in [4.78, 5) is 0. The molecule has 19 heavy (non-hydrogen) atoms. The molecule has 0 aliphatic carbocycles. The van der Waals surface area contributed by atoms with Gasteiger partial charge in [0.15, 0.2) is 0 Å². The lowest BCUT2D eigenvalue weighted by Crippen LogP contribution is -2.08. The van der Waals surface area contributed by atoms with Gasteiger partial charge >= 0.3 is 0 Å².